The molecule has 1 unspecified atom stereocenters. The second-order valence-corrected chi connectivity index (χ2v) is 5.78. The van der Waals surface area contributed by atoms with Gasteiger partial charge in [0, 0.05) is 29.4 Å². The van der Waals surface area contributed by atoms with Gasteiger partial charge >= 0.3 is 0 Å². The molecule has 114 valence electrons. The molecular formula is C19H18N4. The quantitative estimate of drug-likeness (QED) is 0.736. The average Bonchev–Trinajstić information content (AvgIpc) is 2.63. The number of allylic oxidation sites excluding steroid dienone is 1. The van der Waals surface area contributed by atoms with Crippen LogP contribution in [0.4, 0.5) is 5.82 Å². The van der Waals surface area contributed by atoms with Crippen LogP contribution in [0.5, 0.6) is 0 Å². The molecule has 1 atom stereocenters. The molecule has 4 heteroatoms. The zero-order chi connectivity index (χ0) is 15.5. The smallest absolute Gasteiger partial charge is 0.163 e. The lowest BCUT2D eigenvalue weighted by atomic mass is 10.0. The molecule has 0 amide bonds. The molecule has 0 saturated carbocycles. The third kappa shape index (κ3) is 2.93. The minimum Gasteiger partial charge on any atom is -0.366 e. The van der Waals surface area contributed by atoms with Gasteiger partial charge in [0.2, 0.25) is 0 Å². The largest absolute Gasteiger partial charge is 0.366 e. The first kappa shape index (κ1) is 13.9. The average molecular weight is 302 g/mol. The van der Waals surface area contributed by atoms with E-state index in [-0.39, 0.29) is 0 Å². The van der Waals surface area contributed by atoms with Crippen LogP contribution < -0.4 is 5.32 Å². The van der Waals surface area contributed by atoms with Crippen LogP contribution in [-0.4, -0.2) is 21.0 Å². The van der Waals surface area contributed by atoms with Crippen LogP contribution in [0.15, 0.2) is 60.9 Å². The highest BCUT2D eigenvalue weighted by Crippen LogP contribution is 2.26. The molecule has 1 aromatic carbocycles. The maximum Gasteiger partial charge on any atom is 0.163 e. The second kappa shape index (κ2) is 6.16. The molecule has 0 radical (unpaired) electrons. The number of nitrogens with one attached hydrogen (secondary N) is 1. The van der Waals surface area contributed by atoms with E-state index in [2.05, 4.69) is 28.5 Å². The lowest BCUT2D eigenvalue weighted by molar-refractivity contribution is 0.643. The Morgan fingerprint density at radius 1 is 1.00 bits per heavy atom. The number of anilines is 1. The van der Waals surface area contributed by atoms with Gasteiger partial charge < -0.3 is 5.32 Å². The Hall–Kier alpha value is -2.75. The van der Waals surface area contributed by atoms with Crippen LogP contribution in [0.1, 0.15) is 19.3 Å². The number of fused-ring (bicyclic) bond motifs is 1. The van der Waals surface area contributed by atoms with Crippen molar-refractivity contribution in [2.24, 2.45) is 0 Å². The minimum absolute atomic E-state index is 0.431. The van der Waals surface area contributed by atoms with E-state index in [4.69, 9.17) is 9.97 Å². The molecule has 23 heavy (non-hydrogen) atoms. The number of rotatable bonds is 3. The lowest BCUT2D eigenvalue weighted by Gasteiger charge is -2.21. The molecule has 4 rings (SSSR count). The van der Waals surface area contributed by atoms with Crippen molar-refractivity contribution in [3.8, 4) is 11.4 Å². The summed E-state index contributed by atoms with van der Waals surface area (Å²) in [5.41, 5.74) is 1.89. The lowest BCUT2D eigenvalue weighted by Crippen LogP contribution is -2.21. The van der Waals surface area contributed by atoms with Crippen molar-refractivity contribution in [2.75, 3.05) is 5.32 Å². The zero-order valence-electron chi connectivity index (χ0n) is 12.8. The molecule has 0 fully saturated rings. The molecule has 2 heterocycles. The molecule has 0 spiro atoms. The van der Waals surface area contributed by atoms with Crippen LogP contribution in [0.25, 0.3) is 22.3 Å². The van der Waals surface area contributed by atoms with Crippen molar-refractivity contribution < 1.29 is 0 Å². The number of nitrogens with zero attached hydrogens (tertiary/aromatic N) is 3. The van der Waals surface area contributed by atoms with Gasteiger partial charge in [-0.3, -0.25) is 4.98 Å². The maximum absolute atomic E-state index is 4.78. The van der Waals surface area contributed by atoms with Gasteiger partial charge in [-0.05, 0) is 43.5 Å². The molecule has 3 aromatic rings. The molecule has 1 N–H and O–H groups in total. The predicted molar refractivity (Wildman–Crippen MR) is 93.2 cm³/mol. The SMILES string of the molecule is C1=CCC(Nc2nc(-c3cccnc3)nc3ccccc23)CC1. The van der Waals surface area contributed by atoms with E-state index in [0.717, 1.165) is 41.5 Å². The topological polar surface area (TPSA) is 50.7 Å². The van der Waals surface area contributed by atoms with Crippen molar-refractivity contribution >= 4 is 16.7 Å². The summed E-state index contributed by atoms with van der Waals surface area (Å²) >= 11 is 0. The molecule has 0 saturated heterocycles. The molecule has 4 nitrogen and oxygen atoms in total. The molecule has 2 aromatic heterocycles. The van der Waals surface area contributed by atoms with E-state index in [1.165, 1.54) is 0 Å². The Morgan fingerprint density at radius 3 is 2.78 bits per heavy atom. The number of para-hydroxylation sites is 1. The Labute approximate surface area is 135 Å². The Morgan fingerprint density at radius 2 is 1.96 bits per heavy atom. The van der Waals surface area contributed by atoms with Gasteiger partial charge in [0.1, 0.15) is 5.82 Å². The Bertz CT molecular complexity index is 842. The molecule has 1 aliphatic carbocycles. The highest BCUT2D eigenvalue weighted by Gasteiger charge is 2.14. The Balaban J connectivity index is 1.79. The van der Waals surface area contributed by atoms with Crippen LogP contribution in [0, 0.1) is 0 Å². The first-order chi connectivity index (χ1) is 11.4. The summed E-state index contributed by atoms with van der Waals surface area (Å²) in [6.07, 6.45) is 11.4. The van der Waals surface area contributed by atoms with Gasteiger partial charge in [-0.2, -0.15) is 0 Å². The summed E-state index contributed by atoms with van der Waals surface area (Å²) in [4.78, 5) is 13.6. The van der Waals surface area contributed by atoms with Crippen LogP contribution >= 0.6 is 0 Å². The first-order valence-electron chi connectivity index (χ1n) is 7.99. The van der Waals surface area contributed by atoms with Gasteiger partial charge in [-0.1, -0.05) is 24.3 Å². The number of hydrogen-bond acceptors (Lipinski definition) is 4. The van der Waals surface area contributed by atoms with Gasteiger partial charge in [0.25, 0.3) is 0 Å². The van der Waals surface area contributed by atoms with E-state index in [9.17, 15) is 0 Å². The van der Waals surface area contributed by atoms with Crippen LogP contribution in [0.3, 0.4) is 0 Å². The fraction of sp³-hybridized carbons (Fsp3) is 0.211. The van der Waals surface area contributed by atoms with Gasteiger partial charge in [-0.25, -0.2) is 9.97 Å². The molecule has 0 aliphatic heterocycles. The monoisotopic (exact) mass is 302 g/mol. The summed E-state index contributed by atoms with van der Waals surface area (Å²) in [6, 6.07) is 12.5. The zero-order valence-corrected chi connectivity index (χ0v) is 12.8. The van der Waals surface area contributed by atoms with E-state index in [1.54, 1.807) is 12.4 Å². The van der Waals surface area contributed by atoms with E-state index >= 15 is 0 Å². The highest BCUT2D eigenvalue weighted by molar-refractivity contribution is 5.90. The third-order valence-corrected chi connectivity index (χ3v) is 4.13. The van der Waals surface area contributed by atoms with E-state index < -0.39 is 0 Å². The molecule has 0 bridgehead atoms. The highest BCUT2D eigenvalue weighted by atomic mass is 15.1. The van der Waals surface area contributed by atoms with Crippen LogP contribution in [0.2, 0.25) is 0 Å². The van der Waals surface area contributed by atoms with Gasteiger partial charge in [0.05, 0.1) is 5.52 Å². The third-order valence-electron chi connectivity index (χ3n) is 4.13. The summed E-state index contributed by atoms with van der Waals surface area (Å²) < 4.78 is 0. The fourth-order valence-corrected chi connectivity index (χ4v) is 2.93. The number of benzene rings is 1. The maximum atomic E-state index is 4.78. The van der Waals surface area contributed by atoms with Crippen molar-refractivity contribution in [3.05, 3.63) is 60.9 Å². The van der Waals surface area contributed by atoms with E-state index in [0.29, 0.717) is 11.9 Å². The van der Waals surface area contributed by atoms with Crippen molar-refractivity contribution in [2.45, 2.75) is 25.3 Å². The summed E-state index contributed by atoms with van der Waals surface area (Å²) in [5, 5.41) is 4.68. The number of aromatic nitrogens is 3. The predicted octanol–water partition coefficient (Wildman–Crippen LogP) is 4.21. The van der Waals surface area contributed by atoms with Gasteiger partial charge in [-0.15, -0.1) is 0 Å². The molecular weight excluding hydrogens is 284 g/mol. The number of hydrogen-bond donors (Lipinski definition) is 1. The summed E-state index contributed by atoms with van der Waals surface area (Å²) in [6.45, 7) is 0. The normalized spacial score (nSPS) is 17.3. The van der Waals surface area contributed by atoms with Crippen molar-refractivity contribution in [1.29, 1.82) is 0 Å². The fourth-order valence-electron chi connectivity index (χ4n) is 2.93. The van der Waals surface area contributed by atoms with Gasteiger partial charge in [0.15, 0.2) is 5.82 Å². The molecule has 1 aliphatic rings. The minimum atomic E-state index is 0.431. The Kier molecular flexibility index (Phi) is 3.72. The number of pyridine rings is 1. The van der Waals surface area contributed by atoms with Crippen LogP contribution in [-0.2, 0) is 0 Å². The summed E-state index contributed by atoms with van der Waals surface area (Å²) in [7, 11) is 0. The second-order valence-electron chi connectivity index (χ2n) is 5.78. The first-order valence-corrected chi connectivity index (χ1v) is 7.99. The summed E-state index contributed by atoms with van der Waals surface area (Å²) in [5.74, 6) is 1.63. The van der Waals surface area contributed by atoms with E-state index in [1.807, 2.05) is 30.3 Å². The standard InChI is InChI=1S/C19H18N4/c1-2-8-15(9-3-1)21-19-16-10-4-5-11-17(16)22-18(23-19)14-7-6-12-20-13-14/h1-2,4-7,10-13,15H,3,8-9H2,(H,21,22,23). The van der Waals surface area contributed by atoms with Crippen molar-refractivity contribution in [3.63, 3.8) is 0 Å². The van der Waals surface area contributed by atoms with Crippen molar-refractivity contribution in [1.82, 2.24) is 15.0 Å².